The van der Waals surface area contributed by atoms with Gasteiger partial charge in [0.1, 0.15) is 6.29 Å². The summed E-state index contributed by atoms with van der Waals surface area (Å²) in [4.78, 5) is 32.3. The molecule has 0 radical (unpaired) electrons. The fourth-order valence-corrected chi connectivity index (χ4v) is 1.51. The van der Waals surface area contributed by atoms with Gasteiger partial charge in [-0.05, 0) is 19.4 Å². The summed E-state index contributed by atoms with van der Waals surface area (Å²) < 4.78 is 0. The molecule has 1 heterocycles. The van der Waals surface area contributed by atoms with Gasteiger partial charge >= 0.3 is 5.97 Å². The zero-order chi connectivity index (χ0) is 11.3. The largest absolute Gasteiger partial charge is 0.481 e. The maximum atomic E-state index is 11.5. The van der Waals surface area contributed by atoms with E-state index < -0.39 is 12.0 Å². The first-order chi connectivity index (χ1) is 7.13. The average Bonchev–Trinajstić information content (AvgIpc) is 2.68. The smallest absolute Gasteiger partial charge is 0.305 e. The van der Waals surface area contributed by atoms with E-state index in [1.54, 1.807) is 0 Å². The lowest BCUT2D eigenvalue weighted by molar-refractivity contribution is -0.138. The van der Waals surface area contributed by atoms with Crippen LogP contribution in [0.25, 0.3) is 0 Å². The molecule has 0 aromatic carbocycles. The third-order valence-corrected chi connectivity index (χ3v) is 2.26. The Hall–Kier alpha value is -1.43. The summed E-state index contributed by atoms with van der Waals surface area (Å²) in [7, 11) is 0. The highest BCUT2D eigenvalue weighted by atomic mass is 16.4. The van der Waals surface area contributed by atoms with Crippen LogP contribution < -0.4 is 10.6 Å². The van der Waals surface area contributed by atoms with E-state index in [-0.39, 0.29) is 18.4 Å². The van der Waals surface area contributed by atoms with Crippen LogP contribution in [-0.4, -0.2) is 41.9 Å². The van der Waals surface area contributed by atoms with Crippen molar-refractivity contribution >= 4 is 18.2 Å². The van der Waals surface area contributed by atoms with Crippen LogP contribution >= 0.6 is 0 Å². The molecule has 84 valence electrons. The lowest BCUT2D eigenvalue weighted by atomic mass is 10.2. The molecule has 0 saturated carbocycles. The molecule has 1 aliphatic rings. The molecular formula is C9H14N2O4. The second-order valence-corrected chi connectivity index (χ2v) is 3.50. The van der Waals surface area contributed by atoms with Crippen LogP contribution in [0.15, 0.2) is 0 Å². The van der Waals surface area contributed by atoms with Crippen molar-refractivity contribution in [3.63, 3.8) is 0 Å². The number of carboxylic acid groups (broad SMARTS) is 1. The summed E-state index contributed by atoms with van der Waals surface area (Å²) in [5.41, 5.74) is 0. The Bertz CT molecular complexity index is 261. The standard InChI is InChI=1S/C9H14N2O4/c12-5-6(4-8(13)14)11-9(15)7-2-1-3-10-7/h5-7,10H,1-4H2,(H,11,15)(H,13,14)/t6-,7-/m0/s1. The van der Waals surface area contributed by atoms with Crippen molar-refractivity contribution in [2.75, 3.05) is 6.54 Å². The average molecular weight is 214 g/mol. The number of carboxylic acids is 1. The third kappa shape index (κ3) is 3.67. The highest BCUT2D eigenvalue weighted by Crippen LogP contribution is 2.05. The van der Waals surface area contributed by atoms with Crippen LogP contribution in [0.3, 0.4) is 0 Å². The first kappa shape index (κ1) is 11.6. The molecule has 0 spiro atoms. The van der Waals surface area contributed by atoms with Crippen LogP contribution in [0.2, 0.25) is 0 Å². The van der Waals surface area contributed by atoms with Crippen molar-refractivity contribution in [1.82, 2.24) is 10.6 Å². The second-order valence-electron chi connectivity index (χ2n) is 3.50. The Morgan fingerprint density at radius 2 is 2.33 bits per heavy atom. The van der Waals surface area contributed by atoms with E-state index in [1.807, 2.05) is 0 Å². The van der Waals surface area contributed by atoms with Gasteiger partial charge in [0.25, 0.3) is 0 Å². The molecule has 0 aromatic heterocycles. The molecule has 0 aliphatic carbocycles. The third-order valence-electron chi connectivity index (χ3n) is 2.26. The number of carbonyl (C=O) groups excluding carboxylic acids is 2. The molecule has 0 bridgehead atoms. The number of amides is 1. The Morgan fingerprint density at radius 1 is 1.60 bits per heavy atom. The van der Waals surface area contributed by atoms with Gasteiger partial charge in [-0.3, -0.25) is 9.59 Å². The van der Waals surface area contributed by atoms with Crippen molar-refractivity contribution in [3.05, 3.63) is 0 Å². The lowest BCUT2D eigenvalue weighted by Crippen LogP contribution is -2.46. The second kappa shape index (κ2) is 5.45. The Kier molecular flexibility index (Phi) is 4.23. The van der Waals surface area contributed by atoms with E-state index in [2.05, 4.69) is 10.6 Å². The van der Waals surface area contributed by atoms with Gasteiger partial charge in [0.2, 0.25) is 5.91 Å². The maximum Gasteiger partial charge on any atom is 0.305 e. The van der Waals surface area contributed by atoms with E-state index in [0.29, 0.717) is 6.29 Å². The van der Waals surface area contributed by atoms with Gasteiger partial charge in [-0.15, -0.1) is 0 Å². The molecule has 1 saturated heterocycles. The molecule has 2 atom stereocenters. The minimum absolute atomic E-state index is 0.291. The molecular weight excluding hydrogens is 200 g/mol. The number of hydrogen-bond acceptors (Lipinski definition) is 4. The van der Waals surface area contributed by atoms with Crippen molar-refractivity contribution < 1.29 is 19.5 Å². The summed E-state index contributed by atoms with van der Waals surface area (Å²) in [6.07, 6.45) is 1.72. The van der Waals surface area contributed by atoms with E-state index >= 15 is 0 Å². The fraction of sp³-hybridized carbons (Fsp3) is 0.667. The first-order valence-corrected chi connectivity index (χ1v) is 4.84. The van der Waals surface area contributed by atoms with Crippen molar-refractivity contribution in [1.29, 1.82) is 0 Å². The molecule has 6 nitrogen and oxygen atoms in total. The molecule has 1 fully saturated rings. The summed E-state index contributed by atoms with van der Waals surface area (Å²) in [5.74, 6) is -1.40. The number of nitrogens with one attached hydrogen (secondary N) is 2. The molecule has 1 amide bonds. The lowest BCUT2D eigenvalue weighted by Gasteiger charge is -2.14. The molecule has 6 heteroatoms. The van der Waals surface area contributed by atoms with Crippen molar-refractivity contribution in [2.24, 2.45) is 0 Å². The number of carbonyl (C=O) groups is 3. The zero-order valence-electron chi connectivity index (χ0n) is 8.23. The van der Waals surface area contributed by atoms with Gasteiger partial charge in [-0.25, -0.2) is 0 Å². The van der Waals surface area contributed by atoms with Crippen LogP contribution in [-0.2, 0) is 14.4 Å². The van der Waals surface area contributed by atoms with Crippen LogP contribution in [0.5, 0.6) is 0 Å². The quantitative estimate of drug-likeness (QED) is 0.505. The monoisotopic (exact) mass is 214 g/mol. The predicted octanol–water partition coefficient (Wildman–Crippen LogP) is -1.10. The van der Waals surface area contributed by atoms with E-state index in [9.17, 15) is 14.4 Å². The molecule has 0 unspecified atom stereocenters. The molecule has 3 N–H and O–H groups in total. The Balaban J connectivity index is 2.39. The first-order valence-electron chi connectivity index (χ1n) is 4.84. The van der Waals surface area contributed by atoms with E-state index in [4.69, 9.17) is 5.11 Å². The van der Waals surface area contributed by atoms with Gasteiger partial charge in [-0.1, -0.05) is 0 Å². The normalized spacial score (nSPS) is 22.0. The van der Waals surface area contributed by atoms with Gasteiger partial charge in [0.05, 0.1) is 18.5 Å². The molecule has 0 aromatic rings. The van der Waals surface area contributed by atoms with Crippen LogP contribution in [0.1, 0.15) is 19.3 Å². The molecule has 1 aliphatic heterocycles. The Morgan fingerprint density at radius 3 is 2.80 bits per heavy atom. The minimum Gasteiger partial charge on any atom is -0.481 e. The Labute approximate surface area is 87.0 Å². The number of rotatable bonds is 5. The molecule has 15 heavy (non-hydrogen) atoms. The maximum absolute atomic E-state index is 11.5. The topological polar surface area (TPSA) is 95.5 Å². The van der Waals surface area contributed by atoms with Crippen molar-refractivity contribution in [2.45, 2.75) is 31.3 Å². The highest BCUT2D eigenvalue weighted by molar-refractivity contribution is 5.86. The number of aliphatic carboxylic acids is 1. The zero-order valence-corrected chi connectivity index (χ0v) is 8.23. The van der Waals surface area contributed by atoms with Crippen LogP contribution in [0.4, 0.5) is 0 Å². The predicted molar refractivity (Wildman–Crippen MR) is 51.3 cm³/mol. The van der Waals surface area contributed by atoms with Crippen molar-refractivity contribution in [3.8, 4) is 0 Å². The summed E-state index contributed by atoms with van der Waals surface area (Å²) in [5, 5.41) is 13.8. The SMILES string of the molecule is O=C[C@H](CC(=O)O)NC(=O)[C@@H]1CCCN1. The van der Waals surface area contributed by atoms with Crippen LogP contribution in [0, 0.1) is 0 Å². The van der Waals surface area contributed by atoms with Gasteiger partial charge in [0.15, 0.2) is 0 Å². The van der Waals surface area contributed by atoms with E-state index in [1.165, 1.54) is 0 Å². The summed E-state index contributed by atoms with van der Waals surface area (Å²) >= 11 is 0. The van der Waals surface area contributed by atoms with Gasteiger partial charge in [0, 0.05) is 0 Å². The van der Waals surface area contributed by atoms with E-state index in [0.717, 1.165) is 19.4 Å². The number of hydrogen-bond donors (Lipinski definition) is 3. The highest BCUT2D eigenvalue weighted by Gasteiger charge is 2.24. The fourth-order valence-electron chi connectivity index (χ4n) is 1.51. The molecule has 1 rings (SSSR count). The summed E-state index contributed by atoms with van der Waals surface area (Å²) in [6.45, 7) is 0.781. The summed E-state index contributed by atoms with van der Waals surface area (Å²) in [6, 6.07) is -1.22. The van der Waals surface area contributed by atoms with Gasteiger partial charge in [-0.2, -0.15) is 0 Å². The minimum atomic E-state index is -1.10. The van der Waals surface area contributed by atoms with Gasteiger partial charge < -0.3 is 20.5 Å². The number of aldehydes is 1.